The summed E-state index contributed by atoms with van der Waals surface area (Å²) in [5.74, 6) is -0.0374. The molecule has 0 amide bonds. The molecule has 108 valence electrons. The van der Waals surface area contributed by atoms with Crippen molar-refractivity contribution < 1.29 is 13.9 Å². The van der Waals surface area contributed by atoms with E-state index in [-0.39, 0.29) is 24.1 Å². The average molecular weight is 292 g/mol. The van der Waals surface area contributed by atoms with Gasteiger partial charge in [0.1, 0.15) is 11.6 Å². The normalized spacial score (nSPS) is 17.1. The molecule has 0 aliphatic carbocycles. The molecular weight excluding hydrogens is 279 g/mol. The number of ether oxygens (including phenoxy) is 1. The lowest BCUT2D eigenvalue weighted by Crippen LogP contribution is -2.21. The zero-order valence-corrected chi connectivity index (χ0v) is 11.8. The van der Waals surface area contributed by atoms with Crippen molar-refractivity contribution in [2.75, 3.05) is 0 Å². The summed E-state index contributed by atoms with van der Waals surface area (Å²) in [6.07, 6.45) is 0.270. The maximum absolute atomic E-state index is 13.2. The van der Waals surface area contributed by atoms with Gasteiger partial charge in [0.25, 0.3) is 0 Å². The Kier molecular flexibility index (Phi) is 2.93. The largest absolute Gasteiger partial charge is 0.426 e. The number of carbonyl (C=O) groups excluding carboxylic acids is 1. The van der Waals surface area contributed by atoms with Gasteiger partial charge in [-0.05, 0) is 34.5 Å². The summed E-state index contributed by atoms with van der Waals surface area (Å²) in [6.45, 7) is 0. The number of benzene rings is 3. The van der Waals surface area contributed by atoms with Crippen LogP contribution in [0.15, 0.2) is 60.7 Å². The molecule has 0 bridgehead atoms. The molecule has 0 saturated carbocycles. The van der Waals surface area contributed by atoms with E-state index in [4.69, 9.17) is 4.74 Å². The predicted octanol–water partition coefficient (Wildman–Crippen LogP) is 4.42. The Labute approximate surface area is 127 Å². The summed E-state index contributed by atoms with van der Waals surface area (Å²) in [6, 6.07) is 18.2. The van der Waals surface area contributed by atoms with Crippen LogP contribution >= 0.6 is 0 Å². The first kappa shape index (κ1) is 13.0. The highest BCUT2D eigenvalue weighted by atomic mass is 19.1. The summed E-state index contributed by atoms with van der Waals surface area (Å²) in [4.78, 5) is 11.9. The van der Waals surface area contributed by atoms with Gasteiger partial charge in [-0.15, -0.1) is 0 Å². The molecule has 22 heavy (non-hydrogen) atoms. The number of carbonyl (C=O) groups is 1. The molecule has 0 saturated heterocycles. The van der Waals surface area contributed by atoms with Gasteiger partial charge in [0, 0.05) is 11.5 Å². The van der Waals surface area contributed by atoms with E-state index >= 15 is 0 Å². The number of esters is 1. The van der Waals surface area contributed by atoms with Gasteiger partial charge in [0.2, 0.25) is 0 Å². The summed E-state index contributed by atoms with van der Waals surface area (Å²) >= 11 is 0. The molecular formula is C19H13FO2. The third kappa shape index (κ3) is 2.06. The van der Waals surface area contributed by atoms with Gasteiger partial charge in [0.05, 0.1) is 6.42 Å². The van der Waals surface area contributed by atoms with Crippen molar-refractivity contribution in [2.24, 2.45) is 0 Å². The number of fused-ring (bicyclic) bond motifs is 3. The molecule has 1 aliphatic rings. The number of halogens is 1. The molecule has 4 rings (SSSR count). The molecule has 3 aromatic rings. The van der Waals surface area contributed by atoms with E-state index in [0.717, 1.165) is 21.9 Å². The van der Waals surface area contributed by atoms with E-state index < -0.39 is 0 Å². The van der Waals surface area contributed by atoms with Crippen LogP contribution in [0.4, 0.5) is 4.39 Å². The second-order valence-electron chi connectivity index (χ2n) is 5.48. The van der Waals surface area contributed by atoms with Crippen LogP contribution in [0.2, 0.25) is 0 Å². The fourth-order valence-electron chi connectivity index (χ4n) is 3.14. The Bertz CT molecular complexity index is 868. The summed E-state index contributed by atoms with van der Waals surface area (Å²) in [7, 11) is 0. The van der Waals surface area contributed by atoms with Crippen LogP contribution in [-0.4, -0.2) is 5.97 Å². The highest BCUT2D eigenvalue weighted by Crippen LogP contribution is 2.42. The van der Waals surface area contributed by atoms with Crippen molar-refractivity contribution in [1.29, 1.82) is 0 Å². The van der Waals surface area contributed by atoms with Gasteiger partial charge in [0.15, 0.2) is 0 Å². The Morgan fingerprint density at radius 2 is 1.73 bits per heavy atom. The molecule has 1 unspecified atom stereocenters. The number of hydrogen-bond acceptors (Lipinski definition) is 2. The fraction of sp³-hybridized carbons (Fsp3) is 0.105. The summed E-state index contributed by atoms with van der Waals surface area (Å²) in [5.41, 5.74) is 1.93. The first-order valence-electron chi connectivity index (χ1n) is 7.20. The van der Waals surface area contributed by atoms with Gasteiger partial charge in [-0.25, -0.2) is 4.39 Å². The Balaban J connectivity index is 1.97. The van der Waals surface area contributed by atoms with Gasteiger partial charge in [-0.2, -0.15) is 0 Å². The molecule has 3 heteroatoms. The second-order valence-corrected chi connectivity index (χ2v) is 5.48. The lowest BCUT2D eigenvalue weighted by atomic mass is 9.83. The zero-order chi connectivity index (χ0) is 15.1. The molecule has 1 atom stereocenters. The fourth-order valence-corrected chi connectivity index (χ4v) is 3.14. The van der Waals surface area contributed by atoms with Crippen molar-refractivity contribution in [2.45, 2.75) is 12.3 Å². The van der Waals surface area contributed by atoms with Crippen molar-refractivity contribution >= 4 is 16.7 Å². The Hall–Kier alpha value is -2.68. The van der Waals surface area contributed by atoms with E-state index in [1.165, 1.54) is 12.1 Å². The maximum Gasteiger partial charge on any atom is 0.312 e. The van der Waals surface area contributed by atoms with Gasteiger partial charge < -0.3 is 4.74 Å². The number of hydrogen-bond donors (Lipinski definition) is 0. The third-order valence-corrected chi connectivity index (χ3v) is 4.15. The van der Waals surface area contributed by atoms with Gasteiger partial charge in [-0.3, -0.25) is 4.79 Å². The monoisotopic (exact) mass is 292 g/mol. The molecule has 1 aliphatic heterocycles. The minimum atomic E-state index is -0.278. The first-order valence-corrected chi connectivity index (χ1v) is 7.20. The maximum atomic E-state index is 13.2. The highest BCUT2D eigenvalue weighted by molar-refractivity contribution is 5.92. The van der Waals surface area contributed by atoms with Crippen LogP contribution in [0.5, 0.6) is 5.75 Å². The second kappa shape index (κ2) is 4.95. The summed E-state index contributed by atoms with van der Waals surface area (Å²) in [5, 5.41) is 2.17. The van der Waals surface area contributed by atoms with Crippen molar-refractivity contribution in [1.82, 2.24) is 0 Å². The van der Waals surface area contributed by atoms with Crippen LogP contribution in [0.3, 0.4) is 0 Å². The Morgan fingerprint density at radius 1 is 0.955 bits per heavy atom. The third-order valence-electron chi connectivity index (χ3n) is 4.15. The van der Waals surface area contributed by atoms with Crippen molar-refractivity contribution in [3.8, 4) is 5.75 Å². The molecule has 3 aromatic carbocycles. The molecule has 0 radical (unpaired) electrons. The SMILES string of the molecule is O=C1CC(c2ccc(F)cc2)c2c(ccc3ccccc23)O1. The molecule has 2 nitrogen and oxygen atoms in total. The predicted molar refractivity (Wildman–Crippen MR) is 82.4 cm³/mol. The van der Waals surface area contributed by atoms with Crippen LogP contribution in [0.1, 0.15) is 23.5 Å². The van der Waals surface area contributed by atoms with E-state index in [0.29, 0.717) is 5.75 Å². The minimum Gasteiger partial charge on any atom is -0.426 e. The van der Waals surface area contributed by atoms with Crippen molar-refractivity contribution in [3.63, 3.8) is 0 Å². The molecule has 0 fully saturated rings. The molecule has 0 N–H and O–H groups in total. The zero-order valence-electron chi connectivity index (χ0n) is 11.8. The van der Waals surface area contributed by atoms with Crippen molar-refractivity contribution in [3.05, 3.63) is 77.6 Å². The lowest BCUT2D eigenvalue weighted by molar-refractivity contribution is -0.135. The molecule has 1 heterocycles. The van der Waals surface area contributed by atoms with Crippen LogP contribution in [-0.2, 0) is 4.79 Å². The average Bonchev–Trinajstić information content (AvgIpc) is 2.54. The lowest BCUT2D eigenvalue weighted by Gasteiger charge is -2.26. The van der Waals surface area contributed by atoms with E-state index in [1.54, 1.807) is 12.1 Å². The highest BCUT2D eigenvalue weighted by Gasteiger charge is 2.30. The molecule has 0 spiro atoms. The Morgan fingerprint density at radius 3 is 2.55 bits per heavy atom. The van der Waals surface area contributed by atoms with Crippen LogP contribution < -0.4 is 4.74 Å². The van der Waals surface area contributed by atoms with E-state index in [2.05, 4.69) is 0 Å². The first-order chi connectivity index (χ1) is 10.7. The van der Waals surface area contributed by atoms with Gasteiger partial charge >= 0.3 is 5.97 Å². The standard InChI is InChI=1S/C19H13FO2/c20-14-8-5-13(6-9-14)16-11-18(21)22-17-10-7-12-3-1-2-4-15(12)19(16)17/h1-10,16H,11H2. The smallest absolute Gasteiger partial charge is 0.312 e. The van der Waals surface area contributed by atoms with Gasteiger partial charge in [-0.1, -0.05) is 42.5 Å². The number of rotatable bonds is 1. The topological polar surface area (TPSA) is 26.3 Å². The summed E-state index contributed by atoms with van der Waals surface area (Å²) < 4.78 is 18.6. The molecule has 0 aromatic heterocycles. The quantitative estimate of drug-likeness (QED) is 0.490. The van der Waals surface area contributed by atoms with E-state index in [1.807, 2.05) is 36.4 Å². The van der Waals surface area contributed by atoms with Crippen LogP contribution in [0.25, 0.3) is 10.8 Å². The minimum absolute atomic E-state index is 0.108. The van der Waals surface area contributed by atoms with E-state index in [9.17, 15) is 9.18 Å². The van der Waals surface area contributed by atoms with Crippen LogP contribution in [0, 0.1) is 5.82 Å².